The van der Waals surface area contributed by atoms with Gasteiger partial charge in [0, 0.05) is 25.7 Å². The molecule has 0 aliphatic carbocycles. The summed E-state index contributed by atoms with van der Waals surface area (Å²) in [5, 5.41) is 10.6. The van der Waals surface area contributed by atoms with E-state index in [0.29, 0.717) is 25.7 Å². The Morgan fingerprint density at radius 1 is 0.276 bits per heavy atom. The first-order valence-electron chi connectivity index (χ1n) is 41.0. The Balaban J connectivity index is 5.24. The number of hydrogen-bond donors (Lipinski definition) is 3. The van der Waals surface area contributed by atoms with E-state index in [9.17, 15) is 43.2 Å². The Labute approximate surface area is 600 Å². The number of phosphoric ester groups is 2. The largest absolute Gasteiger partial charge is 0.472 e. The van der Waals surface area contributed by atoms with E-state index < -0.39 is 97.5 Å². The molecule has 582 valence electrons. The maximum Gasteiger partial charge on any atom is 0.472 e. The summed E-state index contributed by atoms with van der Waals surface area (Å²) in [6.45, 7) is 9.62. The number of phosphoric acid groups is 2. The zero-order chi connectivity index (χ0) is 72.1. The molecule has 0 bridgehead atoms. The van der Waals surface area contributed by atoms with Crippen LogP contribution in [-0.2, 0) is 65.4 Å². The lowest BCUT2D eigenvalue weighted by atomic mass is 10.0. The first kappa shape index (κ1) is 96.1. The van der Waals surface area contributed by atoms with Crippen LogP contribution < -0.4 is 0 Å². The fourth-order valence-corrected chi connectivity index (χ4v) is 13.8. The Bertz CT molecular complexity index is 1890. The van der Waals surface area contributed by atoms with Gasteiger partial charge in [0.2, 0.25) is 0 Å². The normalized spacial score (nSPS) is 13.9. The van der Waals surface area contributed by atoms with Gasteiger partial charge in [-0.05, 0) is 37.5 Å². The third-order valence-corrected chi connectivity index (χ3v) is 20.4. The molecule has 0 radical (unpaired) electrons. The minimum atomic E-state index is -4.96. The summed E-state index contributed by atoms with van der Waals surface area (Å²) in [5.41, 5.74) is 0. The van der Waals surface area contributed by atoms with Crippen molar-refractivity contribution in [1.82, 2.24) is 0 Å². The Morgan fingerprint density at radius 3 is 0.694 bits per heavy atom. The molecule has 0 heterocycles. The molecule has 0 saturated carbocycles. The number of carbonyl (C=O) groups excluding carboxylic acids is 4. The van der Waals surface area contributed by atoms with Gasteiger partial charge in [-0.15, -0.1) is 0 Å². The number of ether oxygens (including phenoxy) is 4. The topological polar surface area (TPSA) is 237 Å². The Kier molecular flexibility index (Phi) is 69.3. The van der Waals surface area contributed by atoms with Crippen molar-refractivity contribution in [1.29, 1.82) is 0 Å². The zero-order valence-electron chi connectivity index (χ0n) is 64.1. The number of rotatable bonds is 78. The molecular formula is C79H154O17P2. The summed E-state index contributed by atoms with van der Waals surface area (Å²) in [7, 11) is -9.92. The van der Waals surface area contributed by atoms with Gasteiger partial charge >= 0.3 is 39.5 Å². The zero-order valence-corrected chi connectivity index (χ0v) is 65.9. The standard InChI is InChI=1S/C79H154O17P2/c1-7-9-11-13-15-17-19-20-21-22-25-28-32-38-44-50-56-62-77(82)90-67-74(95-78(83)63-57-51-45-39-33-29-26-23-24-27-31-35-41-47-53-59-71(3)4)69-93-97(85,86)91-65-73(80)66-92-98(87,88)94-70-75(68-89-76(81)61-55-49-43-37-30-18-16-14-12-10-8-2)96-79(84)64-58-52-46-40-34-36-42-48-54-60-72(5)6/h71-75,80H,7-70H2,1-6H3,(H,85,86)(H,87,88)/t73-,74-,75-/m1/s1. The second kappa shape index (κ2) is 70.7. The van der Waals surface area contributed by atoms with Crippen LogP contribution in [0.3, 0.4) is 0 Å². The summed E-state index contributed by atoms with van der Waals surface area (Å²) in [6, 6.07) is 0. The van der Waals surface area contributed by atoms with Crippen LogP contribution >= 0.6 is 15.6 Å². The third-order valence-electron chi connectivity index (χ3n) is 18.5. The number of unbranched alkanes of at least 4 members (excludes halogenated alkanes) is 48. The maximum atomic E-state index is 13.1. The molecule has 0 aromatic heterocycles. The number of hydrogen-bond acceptors (Lipinski definition) is 15. The maximum absolute atomic E-state index is 13.1. The van der Waals surface area contributed by atoms with E-state index in [0.717, 1.165) is 102 Å². The van der Waals surface area contributed by atoms with Gasteiger partial charge in [-0.1, -0.05) is 363 Å². The smallest absolute Gasteiger partial charge is 0.462 e. The molecular weight excluding hydrogens is 1280 g/mol. The molecule has 0 fully saturated rings. The molecule has 2 unspecified atom stereocenters. The highest BCUT2D eigenvalue weighted by Crippen LogP contribution is 2.45. The quantitative estimate of drug-likeness (QED) is 0.0222. The molecule has 0 rings (SSSR count). The lowest BCUT2D eigenvalue weighted by Crippen LogP contribution is -2.30. The highest BCUT2D eigenvalue weighted by molar-refractivity contribution is 7.47. The van der Waals surface area contributed by atoms with Crippen molar-refractivity contribution in [3.8, 4) is 0 Å². The number of esters is 4. The highest BCUT2D eigenvalue weighted by atomic mass is 31.2. The molecule has 0 amide bonds. The van der Waals surface area contributed by atoms with Crippen LogP contribution in [0, 0.1) is 11.8 Å². The second-order valence-electron chi connectivity index (χ2n) is 29.4. The van der Waals surface area contributed by atoms with Crippen molar-refractivity contribution < 1.29 is 80.2 Å². The minimum absolute atomic E-state index is 0.106. The monoisotopic (exact) mass is 1440 g/mol. The Hall–Kier alpha value is -1.94. The SMILES string of the molecule is CCCCCCCCCCCCCCCCCCCC(=O)OC[C@H](COP(=O)(O)OC[C@@H](O)COP(=O)(O)OC[C@@H](COC(=O)CCCCCCCCCCCCC)OC(=O)CCCCCCCCCCCC(C)C)OC(=O)CCCCCCCCCCCCCCCCCC(C)C. The Morgan fingerprint density at radius 2 is 0.469 bits per heavy atom. The lowest BCUT2D eigenvalue weighted by molar-refractivity contribution is -0.161. The average Bonchev–Trinajstić information content (AvgIpc) is 1.04. The molecule has 0 aliphatic rings. The minimum Gasteiger partial charge on any atom is -0.462 e. The van der Waals surface area contributed by atoms with E-state index in [-0.39, 0.29) is 25.7 Å². The molecule has 5 atom stereocenters. The molecule has 19 heteroatoms. The molecule has 17 nitrogen and oxygen atoms in total. The second-order valence-corrected chi connectivity index (χ2v) is 32.3. The average molecular weight is 1440 g/mol. The van der Waals surface area contributed by atoms with Gasteiger partial charge in [0.05, 0.1) is 26.4 Å². The summed E-state index contributed by atoms with van der Waals surface area (Å²) in [5.74, 6) is -0.571. The van der Waals surface area contributed by atoms with Crippen LogP contribution in [0.15, 0.2) is 0 Å². The predicted octanol–water partition coefficient (Wildman–Crippen LogP) is 23.5. The van der Waals surface area contributed by atoms with Gasteiger partial charge in [-0.2, -0.15) is 0 Å². The van der Waals surface area contributed by atoms with E-state index in [1.54, 1.807) is 0 Å². The summed E-state index contributed by atoms with van der Waals surface area (Å²) in [6.07, 6.45) is 59.6. The summed E-state index contributed by atoms with van der Waals surface area (Å²) >= 11 is 0. The van der Waals surface area contributed by atoms with E-state index in [4.69, 9.17) is 37.0 Å². The van der Waals surface area contributed by atoms with Gasteiger partial charge < -0.3 is 33.8 Å². The van der Waals surface area contributed by atoms with Gasteiger partial charge in [-0.3, -0.25) is 37.3 Å². The van der Waals surface area contributed by atoms with Crippen molar-refractivity contribution in [3.05, 3.63) is 0 Å². The number of aliphatic hydroxyl groups is 1. The van der Waals surface area contributed by atoms with E-state index in [2.05, 4.69) is 41.5 Å². The molecule has 0 saturated heterocycles. The van der Waals surface area contributed by atoms with Crippen LogP contribution in [-0.4, -0.2) is 96.7 Å². The fraction of sp³-hybridized carbons (Fsp3) is 0.949. The van der Waals surface area contributed by atoms with Gasteiger partial charge in [0.15, 0.2) is 12.2 Å². The molecule has 98 heavy (non-hydrogen) atoms. The number of carbonyl (C=O) groups is 4. The number of aliphatic hydroxyl groups excluding tert-OH is 1. The molecule has 0 aliphatic heterocycles. The fourth-order valence-electron chi connectivity index (χ4n) is 12.2. The highest BCUT2D eigenvalue weighted by Gasteiger charge is 2.30. The molecule has 3 N–H and O–H groups in total. The van der Waals surface area contributed by atoms with Crippen molar-refractivity contribution in [2.75, 3.05) is 39.6 Å². The predicted molar refractivity (Wildman–Crippen MR) is 400 cm³/mol. The first-order chi connectivity index (χ1) is 47.4. The van der Waals surface area contributed by atoms with Crippen LogP contribution in [0.25, 0.3) is 0 Å². The third kappa shape index (κ3) is 72.4. The van der Waals surface area contributed by atoms with Crippen LogP contribution in [0.4, 0.5) is 0 Å². The van der Waals surface area contributed by atoms with Crippen LogP contribution in [0.5, 0.6) is 0 Å². The van der Waals surface area contributed by atoms with Crippen LogP contribution in [0.1, 0.15) is 414 Å². The van der Waals surface area contributed by atoms with Gasteiger partial charge in [-0.25, -0.2) is 9.13 Å². The molecule has 0 aromatic rings. The van der Waals surface area contributed by atoms with Crippen molar-refractivity contribution in [2.24, 2.45) is 11.8 Å². The summed E-state index contributed by atoms with van der Waals surface area (Å²) in [4.78, 5) is 72.9. The summed E-state index contributed by atoms with van der Waals surface area (Å²) < 4.78 is 68.6. The molecule has 0 aromatic carbocycles. The van der Waals surface area contributed by atoms with Gasteiger partial charge in [0.1, 0.15) is 19.3 Å². The van der Waals surface area contributed by atoms with Crippen LogP contribution in [0.2, 0.25) is 0 Å². The lowest BCUT2D eigenvalue weighted by Gasteiger charge is -2.21. The van der Waals surface area contributed by atoms with E-state index in [1.807, 2.05) is 0 Å². The van der Waals surface area contributed by atoms with E-state index >= 15 is 0 Å². The van der Waals surface area contributed by atoms with Crippen molar-refractivity contribution in [3.63, 3.8) is 0 Å². The van der Waals surface area contributed by atoms with Gasteiger partial charge in [0.25, 0.3) is 0 Å². The van der Waals surface area contributed by atoms with E-state index in [1.165, 1.54) is 231 Å². The van der Waals surface area contributed by atoms with Crippen molar-refractivity contribution >= 4 is 39.5 Å². The van der Waals surface area contributed by atoms with Crippen molar-refractivity contribution in [2.45, 2.75) is 432 Å². The molecule has 0 spiro atoms. The first-order valence-corrected chi connectivity index (χ1v) is 44.0.